The zero-order valence-corrected chi connectivity index (χ0v) is 14.0. The van der Waals surface area contributed by atoms with E-state index in [-0.39, 0.29) is 11.8 Å². The topological polar surface area (TPSA) is 59.9 Å². The van der Waals surface area contributed by atoms with Crippen LogP contribution in [-0.2, 0) is 4.79 Å². The minimum atomic E-state index is -0.0413. The van der Waals surface area contributed by atoms with Gasteiger partial charge in [0.25, 0.3) is 0 Å². The maximum atomic E-state index is 11.3. The van der Waals surface area contributed by atoms with Crippen molar-refractivity contribution in [1.82, 2.24) is 5.43 Å². The second-order valence-electron chi connectivity index (χ2n) is 4.97. The molecule has 0 spiro atoms. The third kappa shape index (κ3) is 3.62. The predicted octanol–water partition coefficient (Wildman–Crippen LogP) is 2.95. The fraction of sp³-hybridized carbons (Fsp3) is 0.375. The van der Waals surface area contributed by atoms with E-state index in [1.54, 1.807) is 26.0 Å². The van der Waals surface area contributed by atoms with Gasteiger partial charge in [-0.15, -0.1) is 11.8 Å². The van der Waals surface area contributed by atoms with E-state index in [9.17, 15) is 4.79 Å². The Hall–Kier alpha value is -1.95. The van der Waals surface area contributed by atoms with Gasteiger partial charge < -0.3 is 9.47 Å². The van der Waals surface area contributed by atoms with Crippen LogP contribution in [0.1, 0.15) is 18.9 Å². The largest absolute Gasteiger partial charge is 0.493 e. The van der Waals surface area contributed by atoms with Gasteiger partial charge in [0, 0.05) is 12.3 Å². The molecule has 2 rings (SSSR count). The van der Waals surface area contributed by atoms with Crippen molar-refractivity contribution in [3.8, 4) is 11.5 Å². The number of nitrogens with one attached hydrogen (secondary N) is 1. The average molecular weight is 320 g/mol. The van der Waals surface area contributed by atoms with Crippen LogP contribution in [0, 0.1) is 5.92 Å². The number of allylic oxidation sites excluding steroid dienone is 1. The van der Waals surface area contributed by atoms with Gasteiger partial charge >= 0.3 is 0 Å². The number of hydrazone groups is 1. The number of ether oxygens (including phenoxy) is 2. The molecular weight excluding hydrogens is 300 g/mol. The van der Waals surface area contributed by atoms with E-state index in [0.717, 1.165) is 21.9 Å². The number of methoxy groups -OCH3 is 2. The summed E-state index contributed by atoms with van der Waals surface area (Å²) in [6, 6.07) is 3.96. The Morgan fingerprint density at radius 3 is 2.68 bits per heavy atom. The van der Waals surface area contributed by atoms with Gasteiger partial charge in [0.05, 0.1) is 24.8 Å². The van der Waals surface area contributed by atoms with Gasteiger partial charge in [-0.1, -0.05) is 13.0 Å². The molecule has 6 heteroatoms. The minimum Gasteiger partial charge on any atom is -0.493 e. The summed E-state index contributed by atoms with van der Waals surface area (Å²) in [5.41, 5.74) is 4.37. The molecule has 118 valence electrons. The summed E-state index contributed by atoms with van der Waals surface area (Å²) in [4.78, 5) is 12.3. The summed E-state index contributed by atoms with van der Waals surface area (Å²) >= 11 is 1.60. The summed E-state index contributed by atoms with van der Waals surface area (Å²) in [7, 11) is 3.26. The Kier molecular flexibility index (Phi) is 5.49. The molecule has 0 fully saturated rings. The molecule has 1 N–H and O–H groups in total. The molecule has 0 radical (unpaired) electrons. The first-order chi connectivity index (χ1) is 10.6. The lowest BCUT2D eigenvalue weighted by atomic mass is 9.99. The van der Waals surface area contributed by atoms with Crippen molar-refractivity contribution in [2.75, 3.05) is 20.5 Å². The van der Waals surface area contributed by atoms with Crippen molar-refractivity contribution in [2.45, 2.75) is 18.2 Å². The highest BCUT2D eigenvalue weighted by molar-refractivity contribution is 7.98. The zero-order chi connectivity index (χ0) is 16.1. The van der Waals surface area contributed by atoms with Crippen molar-refractivity contribution in [3.63, 3.8) is 0 Å². The number of nitrogens with zero attached hydrogens (tertiary/aromatic N) is 1. The first kappa shape index (κ1) is 16.4. The number of rotatable bonds is 5. The van der Waals surface area contributed by atoms with Crippen LogP contribution >= 0.6 is 11.8 Å². The van der Waals surface area contributed by atoms with Crippen LogP contribution in [0.25, 0.3) is 6.08 Å². The van der Waals surface area contributed by atoms with Crippen LogP contribution in [0.4, 0.5) is 0 Å². The summed E-state index contributed by atoms with van der Waals surface area (Å²) in [6.45, 7) is 1.99. The summed E-state index contributed by atoms with van der Waals surface area (Å²) in [6.07, 6.45) is 6.35. The van der Waals surface area contributed by atoms with Gasteiger partial charge in [-0.05, 0) is 30.0 Å². The van der Waals surface area contributed by atoms with Crippen LogP contribution in [0.2, 0.25) is 0 Å². The molecule has 0 saturated heterocycles. The summed E-state index contributed by atoms with van der Waals surface area (Å²) < 4.78 is 10.8. The van der Waals surface area contributed by atoms with E-state index in [4.69, 9.17) is 9.47 Å². The van der Waals surface area contributed by atoms with E-state index >= 15 is 0 Å². The fourth-order valence-electron chi connectivity index (χ4n) is 2.25. The number of amides is 1. The molecule has 5 nitrogen and oxygen atoms in total. The maximum Gasteiger partial charge on any atom is 0.240 e. The molecule has 1 aromatic rings. The lowest BCUT2D eigenvalue weighted by Crippen LogP contribution is -2.30. The summed E-state index contributed by atoms with van der Waals surface area (Å²) in [5.74, 6) is 1.51. The molecule has 1 aliphatic heterocycles. The van der Waals surface area contributed by atoms with Gasteiger partial charge in [0.15, 0.2) is 11.5 Å². The van der Waals surface area contributed by atoms with Crippen molar-refractivity contribution in [1.29, 1.82) is 0 Å². The van der Waals surface area contributed by atoms with Crippen LogP contribution < -0.4 is 14.9 Å². The molecule has 1 aliphatic rings. The smallest absolute Gasteiger partial charge is 0.240 e. The molecule has 1 atom stereocenters. The summed E-state index contributed by atoms with van der Waals surface area (Å²) in [5, 5.41) is 4.09. The number of thioether (sulfide) groups is 1. The van der Waals surface area contributed by atoms with Gasteiger partial charge in [-0.25, -0.2) is 5.43 Å². The Labute approximate surface area is 134 Å². The second kappa shape index (κ2) is 7.35. The Bertz CT molecular complexity index is 601. The molecule has 1 aromatic carbocycles. The SMILES string of the molecule is COc1cc(C=CC2=NNC(=O)CC2C)cc(SC)c1OC. The normalized spacial score (nSPS) is 18.1. The third-order valence-corrected chi connectivity index (χ3v) is 4.18. The highest BCUT2D eigenvalue weighted by Crippen LogP contribution is 2.38. The molecule has 0 aliphatic carbocycles. The second-order valence-corrected chi connectivity index (χ2v) is 5.82. The van der Waals surface area contributed by atoms with E-state index in [1.807, 2.05) is 37.5 Å². The molecule has 0 aromatic heterocycles. The Morgan fingerprint density at radius 2 is 2.09 bits per heavy atom. The van der Waals surface area contributed by atoms with Crippen molar-refractivity contribution < 1.29 is 14.3 Å². The van der Waals surface area contributed by atoms with Gasteiger partial charge in [0.2, 0.25) is 5.91 Å². The lowest BCUT2D eigenvalue weighted by Gasteiger charge is -2.16. The van der Waals surface area contributed by atoms with E-state index in [0.29, 0.717) is 12.2 Å². The molecule has 0 saturated carbocycles. The fourth-order valence-corrected chi connectivity index (χ4v) is 2.87. The third-order valence-electron chi connectivity index (χ3n) is 3.44. The molecule has 0 bridgehead atoms. The average Bonchev–Trinajstić information content (AvgIpc) is 2.52. The zero-order valence-electron chi connectivity index (χ0n) is 13.2. The first-order valence-electron chi connectivity index (χ1n) is 6.93. The highest BCUT2D eigenvalue weighted by Gasteiger charge is 2.18. The van der Waals surface area contributed by atoms with Crippen molar-refractivity contribution >= 4 is 29.5 Å². The van der Waals surface area contributed by atoms with Gasteiger partial charge in [0.1, 0.15) is 0 Å². The number of carbonyl (C=O) groups excluding carboxylic acids is 1. The molecular formula is C16H20N2O3S. The van der Waals surface area contributed by atoms with Gasteiger partial charge in [-0.3, -0.25) is 4.79 Å². The van der Waals surface area contributed by atoms with Gasteiger partial charge in [-0.2, -0.15) is 5.10 Å². The molecule has 1 unspecified atom stereocenters. The minimum absolute atomic E-state index is 0.0413. The monoisotopic (exact) mass is 320 g/mol. The maximum absolute atomic E-state index is 11.3. The predicted molar refractivity (Wildman–Crippen MR) is 89.7 cm³/mol. The highest BCUT2D eigenvalue weighted by atomic mass is 32.2. The quantitative estimate of drug-likeness (QED) is 0.847. The molecule has 1 amide bonds. The van der Waals surface area contributed by atoms with E-state index in [1.165, 1.54) is 0 Å². The van der Waals surface area contributed by atoms with E-state index in [2.05, 4.69) is 10.5 Å². The Balaban J connectivity index is 2.29. The van der Waals surface area contributed by atoms with Crippen LogP contribution in [0.15, 0.2) is 28.2 Å². The standard InChI is InChI=1S/C16H20N2O3S/c1-10-7-15(19)18-17-12(10)6-5-11-8-13(20-2)16(21-3)14(9-11)22-4/h5-6,8-10H,7H2,1-4H3,(H,18,19). The van der Waals surface area contributed by atoms with Crippen LogP contribution in [0.3, 0.4) is 0 Å². The Morgan fingerprint density at radius 1 is 1.32 bits per heavy atom. The lowest BCUT2D eigenvalue weighted by molar-refractivity contribution is -0.121. The number of hydrogen-bond acceptors (Lipinski definition) is 5. The molecule has 1 heterocycles. The van der Waals surface area contributed by atoms with Crippen LogP contribution in [-0.4, -0.2) is 32.1 Å². The van der Waals surface area contributed by atoms with Crippen molar-refractivity contribution in [2.24, 2.45) is 11.0 Å². The van der Waals surface area contributed by atoms with Crippen LogP contribution in [0.5, 0.6) is 11.5 Å². The first-order valence-corrected chi connectivity index (χ1v) is 8.16. The number of hydrogen-bond donors (Lipinski definition) is 1. The number of carbonyl (C=O) groups is 1. The molecule has 22 heavy (non-hydrogen) atoms. The van der Waals surface area contributed by atoms with E-state index < -0.39 is 0 Å². The number of benzene rings is 1. The van der Waals surface area contributed by atoms with Crippen molar-refractivity contribution in [3.05, 3.63) is 23.8 Å².